The van der Waals surface area contributed by atoms with Crippen molar-refractivity contribution >= 4 is 34.5 Å². The van der Waals surface area contributed by atoms with Gasteiger partial charge in [-0.15, -0.1) is 0 Å². The van der Waals surface area contributed by atoms with Crippen LogP contribution >= 0.6 is 0 Å². The van der Waals surface area contributed by atoms with E-state index in [1.807, 2.05) is 0 Å². The molecule has 1 aromatic heterocycles. The standard InChI is InChI=1S/C18H17F3N2O7/c1-7(13(22)15(25)26)5-12(24)23-14-8(2)10-4-3-9(6-11(10)30-16(14)27)29-17(28)18(19,20)21/h3-4,6-7,13H,5,22H2,1-2H3,(H,23,24)(H,25,26)/t7-,13-/m0/s1. The van der Waals surface area contributed by atoms with Gasteiger partial charge in [-0.05, 0) is 30.5 Å². The lowest BCUT2D eigenvalue weighted by molar-refractivity contribution is -0.189. The molecular weight excluding hydrogens is 413 g/mol. The first-order chi connectivity index (χ1) is 13.8. The number of carbonyl (C=O) groups excluding carboxylic acids is 2. The molecule has 0 saturated heterocycles. The van der Waals surface area contributed by atoms with Crippen LogP contribution in [-0.4, -0.2) is 35.2 Å². The van der Waals surface area contributed by atoms with Gasteiger partial charge in [0.05, 0.1) is 0 Å². The number of ether oxygens (including phenoxy) is 1. The molecule has 1 amide bonds. The number of carboxylic acids is 1. The summed E-state index contributed by atoms with van der Waals surface area (Å²) in [6.07, 6.45) is -5.48. The molecule has 1 aromatic carbocycles. The van der Waals surface area contributed by atoms with Crippen LogP contribution in [0.5, 0.6) is 5.75 Å². The highest BCUT2D eigenvalue weighted by Gasteiger charge is 2.41. The summed E-state index contributed by atoms with van der Waals surface area (Å²) in [5.74, 6) is -5.59. The van der Waals surface area contributed by atoms with Crippen molar-refractivity contribution in [2.24, 2.45) is 11.7 Å². The van der Waals surface area contributed by atoms with Gasteiger partial charge in [0.15, 0.2) is 0 Å². The van der Waals surface area contributed by atoms with E-state index in [1.165, 1.54) is 19.9 Å². The summed E-state index contributed by atoms with van der Waals surface area (Å²) in [5, 5.41) is 11.5. The lowest BCUT2D eigenvalue weighted by Gasteiger charge is -2.16. The van der Waals surface area contributed by atoms with E-state index in [4.69, 9.17) is 15.3 Å². The first kappa shape index (κ1) is 22.9. The molecule has 9 nitrogen and oxygen atoms in total. The van der Waals surface area contributed by atoms with Crippen LogP contribution in [0.25, 0.3) is 11.0 Å². The Balaban J connectivity index is 2.28. The van der Waals surface area contributed by atoms with E-state index >= 15 is 0 Å². The number of alkyl halides is 3. The van der Waals surface area contributed by atoms with Crippen molar-refractivity contribution in [3.8, 4) is 5.75 Å². The number of aryl methyl sites for hydroxylation is 1. The number of halogens is 3. The van der Waals surface area contributed by atoms with Crippen LogP contribution in [0.4, 0.5) is 18.9 Å². The predicted molar refractivity (Wildman–Crippen MR) is 96.9 cm³/mol. The largest absolute Gasteiger partial charge is 0.491 e. The lowest BCUT2D eigenvalue weighted by atomic mass is 9.98. The number of hydrogen-bond donors (Lipinski definition) is 3. The molecular formula is C18H17F3N2O7. The molecule has 162 valence electrons. The second kappa shape index (κ2) is 8.53. The maximum atomic E-state index is 12.3. The van der Waals surface area contributed by atoms with Crippen molar-refractivity contribution in [2.75, 3.05) is 5.32 Å². The third-order valence-corrected chi connectivity index (χ3v) is 4.25. The average molecular weight is 430 g/mol. The number of hydrogen-bond acceptors (Lipinski definition) is 7. The molecule has 1 heterocycles. The number of nitrogens with one attached hydrogen (secondary N) is 1. The maximum absolute atomic E-state index is 12.3. The molecule has 0 aliphatic heterocycles. The van der Waals surface area contributed by atoms with Crippen LogP contribution in [0.1, 0.15) is 18.9 Å². The highest BCUT2D eigenvalue weighted by Crippen LogP contribution is 2.28. The number of esters is 1. The predicted octanol–water partition coefficient (Wildman–Crippen LogP) is 1.95. The van der Waals surface area contributed by atoms with E-state index in [0.717, 1.165) is 12.1 Å². The molecule has 0 saturated carbocycles. The Morgan fingerprint density at radius 2 is 1.93 bits per heavy atom. The second-order valence-electron chi connectivity index (χ2n) is 6.53. The van der Waals surface area contributed by atoms with Gasteiger partial charge in [-0.25, -0.2) is 9.59 Å². The van der Waals surface area contributed by atoms with E-state index in [-0.39, 0.29) is 28.6 Å². The first-order valence-corrected chi connectivity index (χ1v) is 8.46. The molecule has 2 atom stereocenters. The van der Waals surface area contributed by atoms with Crippen LogP contribution < -0.4 is 21.4 Å². The minimum Gasteiger partial charge on any atom is -0.480 e. The summed E-state index contributed by atoms with van der Waals surface area (Å²) in [5.41, 5.74) is 4.31. The molecule has 2 aromatic rings. The number of fused-ring (bicyclic) bond motifs is 1. The molecule has 30 heavy (non-hydrogen) atoms. The van der Waals surface area contributed by atoms with Gasteiger partial charge in [0.1, 0.15) is 23.1 Å². The summed E-state index contributed by atoms with van der Waals surface area (Å²) in [7, 11) is 0. The Morgan fingerprint density at radius 1 is 1.30 bits per heavy atom. The maximum Gasteiger partial charge on any atom is 0.491 e. The van der Waals surface area contributed by atoms with Crippen molar-refractivity contribution in [3.05, 3.63) is 34.2 Å². The summed E-state index contributed by atoms with van der Waals surface area (Å²) in [4.78, 5) is 46.2. The van der Waals surface area contributed by atoms with Crippen molar-refractivity contribution in [1.82, 2.24) is 0 Å². The van der Waals surface area contributed by atoms with Gasteiger partial charge in [0.2, 0.25) is 5.91 Å². The molecule has 12 heteroatoms. The highest BCUT2D eigenvalue weighted by atomic mass is 19.4. The van der Waals surface area contributed by atoms with E-state index in [2.05, 4.69) is 10.1 Å². The lowest BCUT2D eigenvalue weighted by Crippen LogP contribution is -2.38. The van der Waals surface area contributed by atoms with Gasteiger partial charge in [0.25, 0.3) is 0 Å². The van der Waals surface area contributed by atoms with Gasteiger partial charge in [-0.2, -0.15) is 13.2 Å². The number of aliphatic carboxylic acids is 1. The Morgan fingerprint density at radius 3 is 2.50 bits per heavy atom. The van der Waals surface area contributed by atoms with E-state index in [9.17, 15) is 32.3 Å². The Kier molecular flexibility index (Phi) is 6.50. The summed E-state index contributed by atoms with van der Waals surface area (Å²) < 4.78 is 46.1. The minimum atomic E-state index is -5.19. The molecule has 0 aliphatic carbocycles. The fraction of sp³-hybridized carbons (Fsp3) is 0.333. The molecule has 2 rings (SSSR count). The van der Waals surface area contributed by atoms with Gasteiger partial charge in [-0.1, -0.05) is 6.92 Å². The number of nitrogens with two attached hydrogens (primary N) is 1. The molecule has 0 radical (unpaired) electrons. The van der Waals surface area contributed by atoms with Crippen molar-refractivity contribution in [3.63, 3.8) is 0 Å². The van der Waals surface area contributed by atoms with Crippen molar-refractivity contribution in [2.45, 2.75) is 32.5 Å². The Bertz CT molecular complexity index is 1060. The SMILES string of the molecule is Cc1c(NC(=O)C[C@H](C)[C@H](N)C(=O)O)c(=O)oc2cc(OC(=O)C(F)(F)F)ccc12. The molecule has 0 unspecified atom stereocenters. The third-order valence-electron chi connectivity index (χ3n) is 4.25. The normalized spacial score (nSPS) is 13.5. The van der Waals surface area contributed by atoms with Gasteiger partial charge in [0, 0.05) is 17.9 Å². The first-order valence-electron chi connectivity index (χ1n) is 8.46. The molecule has 0 spiro atoms. The third kappa shape index (κ3) is 5.14. The highest BCUT2D eigenvalue weighted by molar-refractivity contribution is 5.95. The number of anilines is 1. The number of rotatable bonds is 6. The van der Waals surface area contributed by atoms with Crippen LogP contribution in [0.2, 0.25) is 0 Å². The average Bonchev–Trinajstić information content (AvgIpc) is 2.63. The van der Waals surface area contributed by atoms with Gasteiger partial charge >= 0.3 is 23.7 Å². The van der Waals surface area contributed by atoms with Crippen LogP contribution in [-0.2, 0) is 14.4 Å². The molecule has 0 bridgehead atoms. The Labute approximate surface area is 166 Å². The topological polar surface area (TPSA) is 149 Å². The van der Waals surface area contributed by atoms with E-state index in [1.54, 1.807) is 0 Å². The number of carboxylic acid groups (broad SMARTS) is 1. The zero-order chi connectivity index (χ0) is 22.8. The zero-order valence-electron chi connectivity index (χ0n) is 15.7. The minimum absolute atomic E-state index is 0.163. The zero-order valence-corrected chi connectivity index (χ0v) is 15.7. The van der Waals surface area contributed by atoms with Crippen molar-refractivity contribution in [1.29, 1.82) is 0 Å². The number of benzene rings is 1. The van der Waals surface area contributed by atoms with Crippen LogP contribution in [0, 0.1) is 12.8 Å². The molecule has 0 fully saturated rings. The van der Waals surface area contributed by atoms with Crippen molar-refractivity contribution < 1.29 is 41.8 Å². The van der Waals surface area contributed by atoms with Gasteiger partial charge < -0.3 is 25.3 Å². The monoisotopic (exact) mass is 430 g/mol. The van der Waals surface area contributed by atoms with E-state index in [0.29, 0.717) is 0 Å². The smallest absolute Gasteiger partial charge is 0.480 e. The molecule has 4 N–H and O–H groups in total. The van der Waals surface area contributed by atoms with E-state index < -0.39 is 47.4 Å². The van der Waals surface area contributed by atoms with Gasteiger partial charge in [-0.3, -0.25) is 9.59 Å². The summed E-state index contributed by atoms with van der Waals surface area (Å²) in [6, 6.07) is 1.99. The summed E-state index contributed by atoms with van der Waals surface area (Å²) >= 11 is 0. The quantitative estimate of drug-likeness (QED) is 0.358. The second-order valence-corrected chi connectivity index (χ2v) is 6.53. The summed E-state index contributed by atoms with van der Waals surface area (Å²) in [6.45, 7) is 2.92. The van der Waals surface area contributed by atoms with Crippen LogP contribution in [0.3, 0.4) is 0 Å². The Hall–Kier alpha value is -3.41. The fourth-order valence-electron chi connectivity index (χ4n) is 2.56. The number of amides is 1. The van der Waals surface area contributed by atoms with Crippen LogP contribution in [0.15, 0.2) is 27.4 Å². The number of carbonyl (C=O) groups is 3. The molecule has 0 aliphatic rings. The fourth-order valence-corrected chi connectivity index (χ4v) is 2.56.